The highest BCUT2D eigenvalue weighted by Crippen LogP contribution is 2.47. The summed E-state index contributed by atoms with van der Waals surface area (Å²) in [6.45, 7) is 0. The number of benzene rings is 1. The van der Waals surface area contributed by atoms with E-state index in [1.54, 1.807) is 24.5 Å². The van der Waals surface area contributed by atoms with Crippen LogP contribution >= 0.6 is 11.3 Å². The fourth-order valence-corrected chi connectivity index (χ4v) is 4.14. The van der Waals surface area contributed by atoms with Crippen LogP contribution in [0.2, 0.25) is 0 Å². The number of nitrogens with two attached hydrogens (primary N) is 1. The number of rotatable bonds is 3. The highest BCUT2D eigenvalue weighted by molar-refractivity contribution is 7.19. The summed E-state index contributed by atoms with van der Waals surface area (Å²) in [5.41, 5.74) is 8.07. The first kappa shape index (κ1) is 14.7. The Bertz CT molecular complexity index is 913. The van der Waals surface area contributed by atoms with Gasteiger partial charge in [0.15, 0.2) is 0 Å². The van der Waals surface area contributed by atoms with E-state index < -0.39 is 0 Å². The van der Waals surface area contributed by atoms with Gasteiger partial charge in [-0.05, 0) is 12.1 Å². The molecule has 3 heterocycles. The molecule has 1 amide bonds. The van der Waals surface area contributed by atoms with Crippen molar-refractivity contribution in [2.24, 2.45) is 0 Å². The quantitative estimate of drug-likeness (QED) is 0.714. The van der Waals surface area contributed by atoms with Gasteiger partial charge in [0.25, 0.3) is 0 Å². The fraction of sp³-hybridized carbons (Fsp3) is 0.111. The Hall–Kier alpha value is -2.86. The summed E-state index contributed by atoms with van der Waals surface area (Å²) in [4.78, 5) is 25.2. The Kier molecular flexibility index (Phi) is 3.46. The van der Waals surface area contributed by atoms with Crippen LogP contribution in [-0.2, 0) is 4.79 Å². The average Bonchev–Trinajstić information content (AvgIpc) is 3.23. The second kappa shape index (κ2) is 5.65. The molecule has 0 aliphatic carbocycles. The summed E-state index contributed by atoms with van der Waals surface area (Å²) >= 11 is 1.22. The molecule has 1 aliphatic heterocycles. The van der Waals surface area contributed by atoms with Crippen molar-refractivity contribution >= 4 is 33.7 Å². The molecule has 0 saturated heterocycles. The topological polar surface area (TPSA) is 85.3 Å². The largest absolute Gasteiger partial charge is 0.469 e. The highest BCUT2D eigenvalue weighted by Gasteiger charge is 2.34. The predicted octanol–water partition coefficient (Wildman–Crippen LogP) is 3.63. The summed E-state index contributed by atoms with van der Waals surface area (Å²) in [5, 5.41) is 3.45. The van der Waals surface area contributed by atoms with Gasteiger partial charge in [0.05, 0.1) is 17.9 Å². The van der Waals surface area contributed by atoms with Crippen molar-refractivity contribution in [3.05, 3.63) is 70.5 Å². The lowest BCUT2D eigenvalue weighted by molar-refractivity contribution is -0.116. The maximum atomic E-state index is 12.8. The zero-order valence-electron chi connectivity index (χ0n) is 12.6. The normalized spacial score (nSPS) is 16.5. The molecule has 24 heavy (non-hydrogen) atoms. The van der Waals surface area contributed by atoms with E-state index in [2.05, 4.69) is 5.32 Å². The number of carbonyl (C=O) groups is 2. The SMILES string of the molecule is Nc1c(C(=O)c2ccccc2)sc2c1[C@@H](c1ccco1)CC(=O)N2. The van der Waals surface area contributed by atoms with E-state index in [1.807, 2.05) is 24.3 Å². The van der Waals surface area contributed by atoms with E-state index in [9.17, 15) is 9.59 Å². The standard InChI is InChI=1S/C18H14N2O3S/c19-15-14-11(12-7-4-8-23-12)9-13(21)20-18(14)24-17(15)16(22)10-5-2-1-3-6-10/h1-8,11H,9,19H2,(H,20,21)/t11-/m1/s1. The predicted molar refractivity (Wildman–Crippen MR) is 92.4 cm³/mol. The molecule has 6 heteroatoms. The van der Waals surface area contributed by atoms with Crippen molar-refractivity contribution in [1.29, 1.82) is 0 Å². The van der Waals surface area contributed by atoms with E-state index in [0.717, 1.165) is 5.56 Å². The number of furan rings is 1. The first-order valence-electron chi connectivity index (χ1n) is 7.50. The molecule has 120 valence electrons. The molecule has 5 nitrogen and oxygen atoms in total. The van der Waals surface area contributed by atoms with Crippen molar-refractivity contribution < 1.29 is 14.0 Å². The maximum Gasteiger partial charge on any atom is 0.226 e. The van der Waals surface area contributed by atoms with E-state index in [1.165, 1.54) is 11.3 Å². The molecular weight excluding hydrogens is 324 g/mol. The third-order valence-electron chi connectivity index (χ3n) is 4.10. The van der Waals surface area contributed by atoms with Gasteiger partial charge in [-0.25, -0.2) is 0 Å². The molecule has 0 unspecified atom stereocenters. The van der Waals surface area contributed by atoms with Crippen molar-refractivity contribution in [2.45, 2.75) is 12.3 Å². The van der Waals surface area contributed by atoms with E-state index in [0.29, 0.717) is 26.9 Å². The van der Waals surface area contributed by atoms with Gasteiger partial charge in [0.2, 0.25) is 11.7 Å². The van der Waals surface area contributed by atoms with Crippen molar-refractivity contribution in [2.75, 3.05) is 11.1 Å². The molecule has 1 aromatic carbocycles. The van der Waals surface area contributed by atoms with Crippen LogP contribution < -0.4 is 11.1 Å². The van der Waals surface area contributed by atoms with Crippen LogP contribution in [0.4, 0.5) is 10.7 Å². The molecule has 0 saturated carbocycles. The van der Waals surface area contributed by atoms with Crippen molar-refractivity contribution in [1.82, 2.24) is 0 Å². The molecule has 1 atom stereocenters. The second-order valence-electron chi connectivity index (χ2n) is 5.60. The number of nitrogens with one attached hydrogen (secondary N) is 1. The zero-order chi connectivity index (χ0) is 16.7. The average molecular weight is 338 g/mol. The monoisotopic (exact) mass is 338 g/mol. The lowest BCUT2D eigenvalue weighted by atomic mass is 9.90. The lowest BCUT2D eigenvalue weighted by Crippen LogP contribution is -2.22. The third kappa shape index (κ3) is 2.32. The van der Waals surface area contributed by atoms with E-state index in [4.69, 9.17) is 10.2 Å². The van der Waals surface area contributed by atoms with Crippen LogP contribution in [0.5, 0.6) is 0 Å². The number of hydrogen-bond donors (Lipinski definition) is 2. The summed E-state index contributed by atoms with van der Waals surface area (Å²) < 4.78 is 5.47. The molecule has 0 spiro atoms. The lowest BCUT2D eigenvalue weighted by Gasteiger charge is -2.21. The van der Waals surface area contributed by atoms with Crippen LogP contribution in [0.15, 0.2) is 53.1 Å². The maximum absolute atomic E-state index is 12.8. The minimum absolute atomic E-state index is 0.108. The smallest absolute Gasteiger partial charge is 0.226 e. The summed E-state index contributed by atoms with van der Waals surface area (Å²) in [5.74, 6) is 0.162. The molecule has 1 aliphatic rings. The number of fused-ring (bicyclic) bond motifs is 1. The first-order valence-corrected chi connectivity index (χ1v) is 8.32. The second-order valence-corrected chi connectivity index (χ2v) is 6.62. The Morgan fingerprint density at radius 2 is 2.00 bits per heavy atom. The Morgan fingerprint density at radius 1 is 1.21 bits per heavy atom. The summed E-state index contributed by atoms with van der Waals surface area (Å²) in [7, 11) is 0. The molecule has 0 radical (unpaired) electrons. The van der Waals surface area contributed by atoms with Gasteiger partial charge in [-0.3, -0.25) is 9.59 Å². The number of ketones is 1. The fourth-order valence-electron chi connectivity index (χ4n) is 2.98. The van der Waals surface area contributed by atoms with Crippen LogP contribution in [0, 0.1) is 0 Å². The number of amides is 1. The van der Waals surface area contributed by atoms with Gasteiger partial charge in [-0.1, -0.05) is 30.3 Å². The number of anilines is 2. The van der Waals surface area contributed by atoms with E-state index >= 15 is 0 Å². The van der Waals surface area contributed by atoms with Gasteiger partial charge >= 0.3 is 0 Å². The number of thiophene rings is 1. The minimum Gasteiger partial charge on any atom is -0.469 e. The van der Waals surface area contributed by atoms with Crippen LogP contribution in [0.1, 0.15) is 38.9 Å². The number of hydrogen-bond acceptors (Lipinski definition) is 5. The van der Waals surface area contributed by atoms with Gasteiger partial charge in [0, 0.05) is 17.5 Å². The Morgan fingerprint density at radius 3 is 2.71 bits per heavy atom. The van der Waals surface area contributed by atoms with Crippen LogP contribution in [0.25, 0.3) is 0 Å². The minimum atomic E-state index is -0.266. The molecule has 2 aromatic heterocycles. The van der Waals surface area contributed by atoms with Crippen molar-refractivity contribution in [3.8, 4) is 0 Å². The zero-order valence-corrected chi connectivity index (χ0v) is 13.4. The molecule has 3 aromatic rings. The third-order valence-corrected chi connectivity index (χ3v) is 5.24. The molecule has 0 bridgehead atoms. The van der Waals surface area contributed by atoms with Gasteiger partial charge in [-0.2, -0.15) is 0 Å². The molecule has 4 rings (SSSR count). The Labute approximate surface area is 142 Å². The molecule has 0 fully saturated rings. The van der Waals surface area contributed by atoms with Crippen LogP contribution in [0.3, 0.4) is 0 Å². The number of carbonyl (C=O) groups excluding carboxylic acids is 2. The van der Waals surface area contributed by atoms with Gasteiger partial charge < -0.3 is 15.5 Å². The first-order chi connectivity index (χ1) is 11.6. The highest BCUT2D eigenvalue weighted by atomic mass is 32.1. The summed E-state index contributed by atoms with van der Waals surface area (Å²) in [6, 6.07) is 12.6. The van der Waals surface area contributed by atoms with E-state index in [-0.39, 0.29) is 24.0 Å². The summed E-state index contributed by atoms with van der Waals surface area (Å²) in [6.07, 6.45) is 1.82. The molecule has 3 N–H and O–H groups in total. The van der Waals surface area contributed by atoms with Crippen molar-refractivity contribution in [3.63, 3.8) is 0 Å². The van der Waals surface area contributed by atoms with Gasteiger partial charge in [-0.15, -0.1) is 11.3 Å². The number of nitrogen functional groups attached to an aromatic ring is 1. The van der Waals surface area contributed by atoms with Crippen LogP contribution in [-0.4, -0.2) is 11.7 Å². The molecular formula is C18H14N2O3S. The Balaban J connectivity index is 1.82. The van der Waals surface area contributed by atoms with Gasteiger partial charge in [0.1, 0.15) is 15.6 Å².